The Labute approximate surface area is 169 Å². The molecule has 1 amide bonds. The van der Waals surface area contributed by atoms with Crippen LogP contribution in [0.4, 0.5) is 0 Å². The van der Waals surface area contributed by atoms with Gasteiger partial charge in [-0.3, -0.25) is 9.78 Å². The number of benzene rings is 1. The van der Waals surface area contributed by atoms with Gasteiger partial charge in [0, 0.05) is 25.0 Å². The second-order valence-corrected chi connectivity index (χ2v) is 7.63. The molecule has 1 aliphatic rings. The van der Waals surface area contributed by atoms with Crippen LogP contribution >= 0.6 is 11.6 Å². The molecule has 28 heavy (non-hydrogen) atoms. The number of nitrogens with two attached hydrogens (primary N) is 1. The number of halogens is 1. The van der Waals surface area contributed by atoms with Crippen LogP contribution in [0.2, 0.25) is 5.02 Å². The van der Waals surface area contributed by atoms with Gasteiger partial charge >= 0.3 is 0 Å². The maximum Gasteiger partial charge on any atom is 0.228 e. The molecule has 142 valence electrons. The lowest BCUT2D eigenvalue weighted by Gasteiger charge is -2.16. The predicted octanol–water partition coefficient (Wildman–Crippen LogP) is 3.42. The average molecular weight is 393 g/mol. The smallest absolute Gasteiger partial charge is 0.228 e. The van der Waals surface area contributed by atoms with Crippen LogP contribution in [0.5, 0.6) is 0 Å². The van der Waals surface area contributed by atoms with Gasteiger partial charge in [0.1, 0.15) is 5.82 Å². The molecular formula is C22H21ClN4O. The standard InChI is InChI=1S/C22H21ClN4O/c23-18-14-26-20(12-15-4-3-11-25-13-15)27-19(18)8-7-16-5-1-2-6-17(16)22(9-10-22)21(24)28/h1-6,11,13-14H,7-10,12H2,(H2,24,28). The van der Waals surface area contributed by atoms with E-state index in [2.05, 4.69) is 21.0 Å². The Bertz CT molecular complexity index is 1000. The zero-order valence-corrected chi connectivity index (χ0v) is 16.2. The highest BCUT2D eigenvalue weighted by atomic mass is 35.5. The van der Waals surface area contributed by atoms with Crippen LogP contribution in [0.1, 0.15) is 41.1 Å². The van der Waals surface area contributed by atoms with Crippen molar-refractivity contribution in [3.8, 4) is 0 Å². The summed E-state index contributed by atoms with van der Waals surface area (Å²) in [5, 5.41) is 0.559. The molecule has 0 unspecified atom stereocenters. The topological polar surface area (TPSA) is 81.8 Å². The lowest BCUT2D eigenvalue weighted by Crippen LogP contribution is -2.29. The minimum Gasteiger partial charge on any atom is -0.369 e. The van der Waals surface area contributed by atoms with Crippen LogP contribution in [0.3, 0.4) is 0 Å². The summed E-state index contributed by atoms with van der Waals surface area (Å²) < 4.78 is 0. The quantitative estimate of drug-likeness (QED) is 0.667. The summed E-state index contributed by atoms with van der Waals surface area (Å²) in [5.41, 5.74) is 9.22. The summed E-state index contributed by atoms with van der Waals surface area (Å²) in [4.78, 5) is 25.1. The molecule has 1 aliphatic carbocycles. The molecule has 2 aromatic heterocycles. The van der Waals surface area contributed by atoms with Crippen molar-refractivity contribution in [2.45, 2.75) is 37.5 Å². The number of primary amides is 1. The van der Waals surface area contributed by atoms with Crippen molar-refractivity contribution >= 4 is 17.5 Å². The van der Waals surface area contributed by atoms with Crippen molar-refractivity contribution in [1.29, 1.82) is 0 Å². The average Bonchev–Trinajstić information content (AvgIpc) is 3.51. The molecule has 0 spiro atoms. The summed E-state index contributed by atoms with van der Waals surface area (Å²) in [6.45, 7) is 0. The first kappa shape index (κ1) is 18.6. The molecule has 4 rings (SSSR count). The van der Waals surface area contributed by atoms with Crippen molar-refractivity contribution in [2.24, 2.45) is 5.73 Å². The van der Waals surface area contributed by atoms with Gasteiger partial charge in [0.2, 0.25) is 5.91 Å². The molecule has 1 aromatic carbocycles. The highest BCUT2D eigenvalue weighted by Gasteiger charge is 2.50. The van der Waals surface area contributed by atoms with E-state index in [1.165, 1.54) is 0 Å². The molecule has 0 atom stereocenters. The van der Waals surface area contributed by atoms with Gasteiger partial charge in [0.05, 0.1) is 16.1 Å². The number of hydrogen-bond donors (Lipinski definition) is 1. The molecule has 1 saturated carbocycles. The Hall–Kier alpha value is -2.79. The van der Waals surface area contributed by atoms with Crippen molar-refractivity contribution < 1.29 is 4.79 Å². The number of aromatic nitrogens is 3. The number of carbonyl (C=O) groups excluding carboxylic acids is 1. The number of rotatable bonds is 7. The summed E-state index contributed by atoms with van der Waals surface area (Å²) in [6, 6.07) is 11.9. The Morgan fingerprint density at radius 2 is 1.93 bits per heavy atom. The number of pyridine rings is 1. The fraction of sp³-hybridized carbons (Fsp3) is 0.273. The van der Waals surface area contributed by atoms with Gasteiger partial charge in [0.15, 0.2) is 0 Å². The number of carbonyl (C=O) groups is 1. The van der Waals surface area contributed by atoms with Gasteiger partial charge in [0.25, 0.3) is 0 Å². The predicted molar refractivity (Wildman–Crippen MR) is 108 cm³/mol. The van der Waals surface area contributed by atoms with E-state index in [1.807, 2.05) is 36.5 Å². The molecule has 0 bridgehead atoms. The van der Waals surface area contributed by atoms with Crippen molar-refractivity contribution in [3.05, 3.63) is 88.2 Å². The maximum atomic E-state index is 12.0. The zero-order chi connectivity index (χ0) is 19.6. The molecule has 0 radical (unpaired) electrons. The lowest BCUT2D eigenvalue weighted by atomic mass is 9.88. The second-order valence-electron chi connectivity index (χ2n) is 7.22. The number of aryl methyl sites for hydroxylation is 2. The van der Waals surface area contributed by atoms with Gasteiger partial charge < -0.3 is 5.73 Å². The minimum atomic E-state index is -0.489. The first-order valence-electron chi connectivity index (χ1n) is 9.36. The molecular weight excluding hydrogens is 372 g/mol. The molecule has 2 N–H and O–H groups in total. The summed E-state index contributed by atoms with van der Waals surface area (Å²) in [7, 11) is 0. The van der Waals surface area contributed by atoms with Crippen LogP contribution in [-0.4, -0.2) is 20.9 Å². The Kier molecular flexibility index (Phi) is 5.09. The fourth-order valence-electron chi connectivity index (χ4n) is 3.62. The normalized spacial score (nSPS) is 14.6. The van der Waals surface area contributed by atoms with E-state index in [0.29, 0.717) is 17.9 Å². The van der Waals surface area contributed by atoms with Gasteiger partial charge in [-0.05, 0) is 48.4 Å². The monoisotopic (exact) mass is 392 g/mol. The Morgan fingerprint density at radius 3 is 2.64 bits per heavy atom. The molecule has 0 aliphatic heterocycles. The van der Waals surface area contributed by atoms with Gasteiger partial charge in [-0.2, -0.15) is 0 Å². The van der Waals surface area contributed by atoms with Crippen LogP contribution < -0.4 is 5.73 Å². The van der Waals surface area contributed by atoms with Gasteiger partial charge in [-0.15, -0.1) is 0 Å². The molecule has 5 nitrogen and oxygen atoms in total. The van der Waals surface area contributed by atoms with Crippen LogP contribution in [0.25, 0.3) is 0 Å². The van der Waals surface area contributed by atoms with E-state index in [1.54, 1.807) is 12.4 Å². The first-order valence-corrected chi connectivity index (χ1v) is 9.74. The summed E-state index contributed by atoms with van der Waals surface area (Å²) in [5.74, 6) is 0.482. The van der Waals surface area contributed by atoms with Crippen LogP contribution in [0, 0.1) is 0 Å². The first-order chi connectivity index (χ1) is 13.6. The van der Waals surface area contributed by atoms with Gasteiger partial charge in [-0.25, -0.2) is 9.97 Å². The third-order valence-corrected chi connectivity index (χ3v) is 5.65. The molecule has 2 heterocycles. The molecule has 1 fully saturated rings. The number of nitrogens with zero attached hydrogens (tertiary/aromatic N) is 3. The Morgan fingerprint density at radius 1 is 1.11 bits per heavy atom. The number of amides is 1. The summed E-state index contributed by atoms with van der Waals surface area (Å²) >= 11 is 6.35. The number of hydrogen-bond acceptors (Lipinski definition) is 4. The van der Waals surface area contributed by atoms with Crippen LogP contribution in [0.15, 0.2) is 55.0 Å². The van der Waals surface area contributed by atoms with E-state index in [-0.39, 0.29) is 5.91 Å². The maximum absolute atomic E-state index is 12.0. The highest BCUT2D eigenvalue weighted by molar-refractivity contribution is 6.31. The van der Waals surface area contributed by atoms with Crippen LogP contribution in [-0.2, 0) is 29.5 Å². The SMILES string of the molecule is NC(=O)C1(c2ccccc2CCc2nc(Cc3cccnc3)ncc2Cl)CC1. The third kappa shape index (κ3) is 3.76. The van der Waals surface area contributed by atoms with E-state index >= 15 is 0 Å². The molecule has 6 heteroatoms. The third-order valence-electron chi connectivity index (χ3n) is 5.34. The van der Waals surface area contributed by atoms with E-state index in [9.17, 15) is 4.79 Å². The Balaban J connectivity index is 1.53. The molecule has 3 aromatic rings. The second kappa shape index (κ2) is 7.68. The lowest BCUT2D eigenvalue weighted by molar-refractivity contribution is -0.120. The molecule has 0 saturated heterocycles. The van der Waals surface area contributed by atoms with Crippen molar-refractivity contribution in [3.63, 3.8) is 0 Å². The van der Waals surface area contributed by atoms with E-state index < -0.39 is 5.41 Å². The highest BCUT2D eigenvalue weighted by Crippen LogP contribution is 2.49. The van der Waals surface area contributed by atoms with E-state index in [4.69, 9.17) is 17.3 Å². The zero-order valence-electron chi connectivity index (χ0n) is 15.4. The van der Waals surface area contributed by atoms with E-state index in [0.717, 1.165) is 47.5 Å². The summed E-state index contributed by atoms with van der Waals surface area (Å²) in [6.07, 6.45) is 8.89. The van der Waals surface area contributed by atoms with Crippen molar-refractivity contribution in [1.82, 2.24) is 15.0 Å². The largest absolute Gasteiger partial charge is 0.369 e. The van der Waals surface area contributed by atoms with Crippen molar-refractivity contribution in [2.75, 3.05) is 0 Å². The van der Waals surface area contributed by atoms with Gasteiger partial charge in [-0.1, -0.05) is 41.9 Å². The fourth-order valence-corrected chi connectivity index (χ4v) is 3.81. The minimum absolute atomic E-state index is 0.237.